The van der Waals surface area contributed by atoms with E-state index < -0.39 is 0 Å². The van der Waals surface area contributed by atoms with E-state index >= 15 is 0 Å². The van der Waals surface area contributed by atoms with Crippen molar-refractivity contribution >= 4 is 0 Å². The molecule has 0 radical (unpaired) electrons. The molecule has 0 aliphatic heterocycles. The summed E-state index contributed by atoms with van der Waals surface area (Å²) in [5, 5.41) is 3.26. The molecular weight excluding hydrogens is 190 g/mol. The summed E-state index contributed by atoms with van der Waals surface area (Å²) in [6.07, 6.45) is 6.22. The van der Waals surface area contributed by atoms with Gasteiger partial charge in [0.15, 0.2) is 0 Å². The monoisotopic (exact) mass is 205 g/mol. The number of hydrogen-bond acceptors (Lipinski definition) is 3. The maximum Gasteiger partial charge on any atom is 0.105 e. The van der Waals surface area contributed by atoms with Gasteiger partial charge in [0.05, 0.1) is 24.3 Å². The maximum atomic E-state index is 5.33. The van der Waals surface area contributed by atoms with Gasteiger partial charge in [-0.3, -0.25) is 0 Å². The fourth-order valence-corrected chi connectivity index (χ4v) is 1.69. The first kappa shape index (κ1) is 9.98. The fourth-order valence-electron chi connectivity index (χ4n) is 1.69. The van der Waals surface area contributed by atoms with Crippen molar-refractivity contribution in [2.45, 2.75) is 12.5 Å². The SMILES string of the molecule is CNC(Cc1ccco1)c1cncn1C. The van der Waals surface area contributed by atoms with Crippen molar-refractivity contribution in [1.29, 1.82) is 0 Å². The predicted octanol–water partition coefficient (Wildman–Crippen LogP) is 1.52. The summed E-state index contributed by atoms with van der Waals surface area (Å²) in [7, 11) is 3.94. The van der Waals surface area contributed by atoms with Crippen molar-refractivity contribution in [2.75, 3.05) is 7.05 Å². The van der Waals surface area contributed by atoms with Crippen LogP contribution < -0.4 is 5.32 Å². The van der Waals surface area contributed by atoms with Crippen molar-refractivity contribution in [3.63, 3.8) is 0 Å². The van der Waals surface area contributed by atoms with Crippen molar-refractivity contribution in [3.05, 3.63) is 42.4 Å². The first-order valence-electron chi connectivity index (χ1n) is 4.97. The van der Waals surface area contributed by atoms with Gasteiger partial charge in [0, 0.05) is 19.7 Å². The Morgan fingerprint density at radius 2 is 2.47 bits per heavy atom. The second-order valence-corrected chi connectivity index (χ2v) is 3.55. The topological polar surface area (TPSA) is 43.0 Å². The zero-order chi connectivity index (χ0) is 10.7. The average Bonchev–Trinajstić information content (AvgIpc) is 2.85. The van der Waals surface area contributed by atoms with Crippen LogP contribution in [-0.4, -0.2) is 16.6 Å². The number of nitrogens with one attached hydrogen (secondary N) is 1. The molecule has 0 aliphatic rings. The second kappa shape index (κ2) is 4.31. The van der Waals surface area contributed by atoms with Crippen molar-refractivity contribution in [1.82, 2.24) is 14.9 Å². The molecule has 1 atom stereocenters. The molecule has 0 bridgehead atoms. The summed E-state index contributed by atoms with van der Waals surface area (Å²) in [6, 6.07) is 4.13. The highest BCUT2D eigenvalue weighted by atomic mass is 16.3. The summed E-state index contributed by atoms with van der Waals surface area (Å²) in [5.41, 5.74) is 1.16. The Bertz CT molecular complexity index is 405. The van der Waals surface area contributed by atoms with E-state index in [2.05, 4.69) is 10.3 Å². The Kier molecular flexibility index (Phi) is 2.87. The number of furan rings is 1. The number of aromatic nitrogens is 2. The molecule has 4 nitrogen and oxygen atoms in total. The van der Waals surface area contributed by atoms with Crippen LogP contribution >= 0.6 is 0 Å². The minimum Gasteiger partial charge on any atom is -0.469 e. The standard InChI is InChI=1S/C11H15N3O/c1-12-10(6-9-4-3-5-15-9)11-7-13-8-14(11)2/h3-5,7-8,10,12H,6H2,1-2H3. The van der Waals surface area contributed by atoms with E-state index in [1.807, 2.05) is 43.3 Å². The van der Waals surface area contributed by atoms with E-state index in [-0.39, 0.29) is 6.04 Å². The maximum absolute atomic E-state index is 5.33. The van der Waals surface area contributed by atoms with E-state index in [1.54, 1.807) is 6.26 Å². The molecule has 0 aromatic carbocycles. The van der Waals surface area contributed by atoms with Crippen LogP contribution in [0.3, 0.4) is 0 Å². The molecule has 1 unspecified atom stereocenters. The molecule has 2 heterocycles. The normalized spacial score (nSPS) is 12.9. The van der Waals surface area contributed by atoms with Gasteiger partial charge >= 0.3 is 0 Å². The number of hydrogen-bond donors (Lipinski definition) is 1. The number of aryl methyl sites for hydroxylation is 1. The Balaban J connectivity index is 2.15. The molecule has 2 aromatic heterocycles. The summed E-state index contributed by atoms with van der Waals surface area (Å²) in [5.74, 6) is 0.982. The second-order valence-electron chi connectivity index (χ2n) is 3.55. The molecule has 0 saturated heterocycles. The van der Waals surface area contributed by atoms with Crippen LogP contribution in [0.5, 0.6) is 0 Å². The van der Waals surface area contributed by atoms with Gasteiger partial charge in [-0.25, -0.2) is 4.98 Å². The fraction of sp³-hybridized carbons (Fsp3) is 0.364. The van der Waals surface area contributed by atoms with Gasteiger partial charge in [0.2, 0.25) is 0 Å². The molecule has 4 heteroatoms. The Morgan fingerprint density at radius 1 is 1.60 bits per heavy atom. The van der Waals surface area contributed by atoms with Crippen LogP contribution in [0.4, 0.5) is 0 Å². The molecule has 0 saturated carbocycles. The molecule has 0 aliphatic carbocycles. The number of imidazole rings is 1. The van der Waals surface area contributed by atoms with Crippen LogP contribution in [0.2, 0.25) is 0 Å². The molecule has 0 spiro atoms. The summed E-state index contributed by atoms with van der Waals surface area (Å²) in [4.78, 5) is 4.11. The van der Waals surface area contributed by atoms with Crippen LogP contribution in [0.25, 0.3) is 0 Å². The highest BCUT2D eigenvalue weighted by Crippen LogP contribution is 2.17. The van der Waals surface area contributed by atoms with E-state index in [4.69, 9.17) is 4.42 Å². The molecule has 2 aromatic rings. The van der Waals surface area contributed by atoms with Gasteiger partial charge < -0.3 is 14.3 Å². The Hall–Kier alpha value is -1.55. The van der Waals surface area contributed by atoms with Gasteiger partial charge in [-0.15, -0.1) is 0 Å². The molecule has 80 valence electrons. The van der Waals surface area contributed by atoms with Gasteiger partial charge in [0.1, 0.15) is 5.76 Å². The largest absolute Gasteiger partial charge is 0.469 e. The lowest BCUT2D eigenvalue weighted by Gasteiger charge is -2.15. The molecule has 0 fully saturated rings. The summed E-state index contributed by atoms with van der Waals surface area (Å²) in [6.45, 7) is 0. The van der Waals surface area contributed by atoms with Crippen LogP contribution in [0.1, 0.15) is 17.5 Å². The zero-order valence-corrected chi connectivity index (χ0v) is 8.97. The first-order chi connectivity index (χ1) is 7.31. The van der Waals surface area contributed by atoms with Crippen LogP contribution in [0.15, 0.2) is 35.3 Å². The quantitative estimate of drug-likeness (QED) is 0.822. The molecule has 0 amide bonds. The third-order valence-corrected chi connectivity index (χ3v) is 2.54. The molecular formula is C11H15N3O. The summed E-state index contributed by atoms with van der Waals surface area (Å²) < 4.78 is 7.35. The van der Waals surface area contributed by atoms with E-state index in [0.29, 0.717) is 0 Å². The van der Waals surface area contributed by atoms with Gasteiger partial charge in [-0.2, -0.15) is 0 Å². The zero-order valence-electron chi connectivity index (χ0n) is 8.97. The number of rotatable bonds is 4. The van der Waals surface area contributed by atoms with E-state index in [9.17, 15) is 0 Å². The van der Waals surface area contributed by atoms with Crippen molar-refractivity contribution < 1.29 is 4.42 Å². The van der Waals surface area contributed by atoms with Gasteiger partial charge in [-0.05, 0) is 19.2 Å². The first-order valence-corrected chi connectivity index (χ1v) is 4.97. The minimum absolute atomic E-state index is 0.239. The van der Waals surface area contributed by atoms with E-state index in [0.717, 1.165) is 17.9 Å². The minimum atomic E-state index is 0.239. The van der Waals surface area contributed by atoms with Crippen LogP contribution in [-0.2, 0) is 13.5 Å². The molecule has 2 rings (SSSR count). The highest BCUT2D eigenvalue weighted by Gasteiger charge is 2.14. The van der Waals surface area contributed by atoms with E-state index in [1.165, 1.54) is 0 Å². The summed E-state index contributed by atoms with van der Waals surface area (Å²) >= 11 is 0. The molecule has 15 heavy (non-hydrogen) atoms. The van der Waals surface area contributed by atoms with Gasteiger partial charge in [-0.1, -0.05) is 0 Å². The van der Waals surface area contributed by atoms with Crippen LogP contribution in [0, 0.1) is 0 Å². The molecule has 1 N–H and O–H groups in total. The average molecular weight is 205 g/mol. The highest BCUT2D eigenvalue weighted by molar-refractivity contribution is 5.10. The van der Waals surface area contributed by atoms with Crippen molar-refractivity contribution in [3.8, 4) is 0 Å². The van der Waals surface area contributed by atoms with Crippen molar-refractivity contribution in [2.24, 2.45) is 7.05 Å². The third-order valence-electron chi connectivity index (χ3n) is 2.54. The Morgan fingerprint density at radius 3 is 3.00 bits per heavy atom. The number of nitrogens with zero attached hydrogens (tertiary/aromatic N) is 2. The Labute approximate surface area is 88.9 Å². The smallest absolute Gasteiger partial charge is 0.105 e. The lowest BCUT2D eigenvalue weighted by molar-refractivity contribution is 0.456. The predicted molar refractivity (Wildman–Crippen MR) is 57.4 cm³/mol. The lowest BCUT2D eigenvalue weighted by Crippen LogP contribution is -2.20. The number of likely N-dealkylation sites (N-methyl/N-ethyl adjacent to an activating group) is 1. The lowest BCUT2D eigenvalue weighted by atomic mass is 10.1. The van der Waals surface area contributed by atoms with Gasteiger partial charge in [0.25, 0.3) is 0 Å². The third kappa shape index (κ3) is 2.10.